The summed E-state index contributed by atoms with van der Waals surface area (Å²) in [6.07, 6.45) is 0.928. The highest BCUT2D eigenvalue weighted by Gasteiger charge is 2.20. The van der Waals surface area contributed by atoms with Crippen molar-refractivity contribution in [3.05, 3.63) is 22.0 Å². The Balaban J connectivity index is 3.02. The van der Waals surface area contributed by atoms with Crippen molar-refractivity contribution < 1.29 is 13.3 Å². The number of nitrogens with one attached hydrogen (secondary N) is 1. The van der Waals surface area contributed by atoms with Crippen molar-refractivity contribution in [1.29, 1.82) is 0 Å². The van der Waals surface area contributed by atoms with E-state index in [2.05, 4.69) is 10.2 Å². The fraction of sp³-hybridized carbons (Fsp3) is 0.250. The van der Waals surface area contributed by atoms with E-state index in [1.165, 1.54) is 0 Å². The van der Waals surface area contributed by atoms with Crippen molar-refractivity contribution in [2.24, 2.45) is 0 Å². The lowest BCUT2D eigenvalue weighted by molar-refractivity contribution is -0.385. The van der Waals surface area contributed by atoms with Crippen LogP contribution in [0.1, 0.15) is 5.69 Å². The molecule has 13 heavy (non-hydrogen) atoms. The van der Waals surface area contributed by atoms with Gasteiger partial charge in [-0.2, -0.15) is 5.10 Å². The van der Waals surface area contributed by atoms with Crippen LogP contribution in [0.15, 0.2) is 6.20 Å². The van der Waals surface area contributed by atoms with Gasteiger partial charge in [0.15, 0.2) is 0 Å². The highest BCUT2D eigenvalue weighted by Crippen LogP contribution is 2.18. The highest BCUT2D eigenvalue weighted by molar-refractivity contribution is 8.13. The van der Waals surface area contributed by atoms with Crippen LogP contribution in [0.3, 0.4) is 0 Å². The van der Waals surface area contributed by atoms with E-state index in [0.29, 0.717) is 0 Å². The predicted molar refractivity (Wildman–Crippen MR) is 43.7 cm³/mol. The predicted octanol–water partition coefficient (Wildman–Crippen LogP) is 0.386. The number of nitrogens with zero attached hydrogens (tertiary/aromatic N) is 2. The third kappa shape index (κ3) is 2.67. The summed E-state index contributed by atoms with van der Waals surface area (Å²) >= 11 is 0. The molecule has 0 aliphatic heterocycles. The van der Waals surface area contributed by atoms with E-state index in [0.717, 1.165) is 6.20 Å². The summed E-state index contributed by atoms with van der Waals surface area (Å²) in [4.78, 5) is 9.54. The van der Waals surface area contributed by atoms with Crippen LogP contribution in [0.2, 0.25) is 0 Å². The van der Waals surface area contributed by atoms with E-state index in [1.54, 1.807) is 0 Å². The van der Waals surface area contributed by atoms with Gasteiger partial charge < -0.3 is 0 Å². The molecule has 0 fully saturated rings. The van der Waals surface area contributed by atoms with E-state index in [1.807, 2.05) is 0 Å². The first-order chi connectivity index (χ1) is 5.90. The maximum Gasteiger partial charge on any atom is 0.311 e. The fourth-order valence-electron chi connectivity index (χ4n) is 0.742. The van der Waals surface area contributed by atoms with Crippen molar-refractivity contribution in [3.63, 3.8) is 0 Å². The van der Waals surface area contributed by atoms with Gasteiger partial charge in [0.25, 0.3) is 0 Å². The van der Waals surface area contributed by atoms with Crippen LogP contribution in [-0.4, -0.2) is 23.5 Å². The summed E-state index contributed by atoms with van der Waals surface area (Å²) < 4.78 is 21.1. The number of H-pyrrole nitrogens is 1. The molecular formula is C4H4ClN3O4S. The molecule has 0 aromatic carbocycles. The molecule has 0 aliphatic rings. The van der Waals surface area contributed by atoms with Gasteiger partial charge >= 0.3 is 5.69 Å². The van der Waals surface area contributed by atoms with Gasteiger partial charge in [-0.15, -0.1) is 0 Å². The largest absolute Gasteiger partial charge is 0.311 e. The Morgan fingerprint density at radius 3 is 2.77 bits per heavy atom. The van der Waals surface area contributed by atoms with E-state index in [4.69, 9.17) is 10.7 Å². The molecule has 0 saturated heterocycles. The molecule has 1 heterocycles. The Bertz CT molecular complexity index is 424. The molecule has 1 aromatic heterocycles. The number of rotatable bonds is 3. The standard InChI is InChI=1S/C4H4ClN3O4S/c5-13(11,12)2-3-4(8(9)10)1-6-7-3/h1H,2H2,(H,6,7). The molecule has 0 aliphatic carbocycles. The quantitative estimate of drug-likeness (QED) is 0.455. The second-order valence-electron chi connectivity index (χ2n) is 2.17. The minimum absolute atomic E-state index is 0.125. The lowest BCUT2D eigenvalue weighted by Crippen LogP contribution is -1.99. The van der Waals surface area contributed by atoms with Crippen LogP contribution in [0, 0.1) is 10.1 Å². The zero-order valence-corrected chi connectivity index (χ0v) is 7.67. The number of halogens is 1. The van der Waals surface area contributed by atoms with Gasteiger partial charge in [0, 0.05) is 10.7 Å². The maximum absolute atomic E-state index is 10.6. The number of hydrogen-bond acceptors (Lipinski definition) is 5. The molecule has 7 nitrogen and oxygen atoms in total. The summed E-state index contributed by atoms with van der Waals surface area (Å²) in [7, 11) is 1.10. The zero-order valence-electron chi connectivity index (χ0n) is 6.10. The minimum Gasteiger partial charge on any atom is -0.274 e. The molecule has 0 spiro atoms. The SMILES string of the molecule is O=[N+]([O-])c1cn[nH]c1CS(=O)(=O)Cl. The Hall–Kier alpha value is -1.15. The van der Waals surface area contributed by atoms with Gasteiger partial charge in [-0.05, 0) is 0 Å². The molecule has 9 heteroatoms. The zero-order chi connectivity index (χ0) is 10.1. The minimum atomic E-state index is -3.81. The second kappa shape index (κ2) is 3.30. The van der Waals surface area contributed by atoms with Crippen LogP contribution in [0.4, 0.5) is 5.69 Å². The second-order valence-corrected chi connectivity index (χ2v) is 4.95. The van der Waals surface area contributed by atoms with E-state index in [-0.39, 0.29) is 11.4 Å². The van der Waals surface area contributed by atoms with Crippen molar-refractivity contribution in [3.8, 4) is 0 Å². The molecule has 1 rings (SSSR count). The van der Waals surface area contributed by atoms with Crippen LogP contribution in [-0.2, 0) is 14.8 Å². The van der Waals surface area contributed by atoms with Gasteiger partial charge in [-0.3, -0.25) is 15.2 Å². The Morgan fingerprint density at radius 2 is 2.31 bits per heavy atom. The van der Waals surface area contributed by atoms with Crippen molar-refractivity contribution >= 4 is 25.4 Å². The topological polar surface area (TPSA) is 106 Å². The van der Waals surface area contributed by atoms with Crippen LogP contribution < -0.4 is 0 Å². The summed E-state index contributed by atoms with van der Waals surface area (Å²) in [5, 5.41) is 15.8. The molecule has 0 unspecified atom stereocenters. The average molecular weight is 226 g/mol. The van der Waals surface area contributed by atoms with E-state index in [9.17, 15) is 18.5 Å². The first-order valence-electron chi connectivity index (χ1n) is 2.99. The van der Waals surface area contributed by atoms with Crippen LogP contribution in [0.25, 0.3) is 0 Å². The molecule has 0 atom stereocenters. The Kier molecular flexibility index (Phi) is 2.52. The summed E-state index contributed by atoms with van der Waals surface area (Å²) in [5.74, 6) is -0.634. The van der Waals surface area contributed by atoms with Crippen molar-refractivity contribution in [2.75, 3.05) is 0 Å². The van der Waals surface area contributed by atoms with Gasteiger partial charge in [-0.25, -0.2) is 8.42 Å². The number of nitro groups is 1. The first-order valence-corrected chi connectivity index (χ1v) is 5.47. The number of hydrogen-bond donors (Lipinski definition) is 1. The van der Waals surface area contributed by atoms with Gasteiger partial charge in [-0.1, -0.05) is 0 Å². The number of aromatic nitrogens is 2. The lowest BCUT2D eigenvalue weighted by Gasteiger charge is -1.91. The molecule has 1 N–H and O–H groups in total. The summed E-state index contributed by atoms with van der Waals surface area (Å²) in [5.41, 5.74) is -0.510. The van der Waals surface area contributed by atoms with Crippen molar-refractivity contribution in [2.45, 2.75) is 5.75 Å². The lowest BCUT2D eigenvalue weighted by atomic mass is 10.4. The monoisotopic (exact) mass is 225 g/mol. The molecule has 72 valence electrons. The third-order valence-corrected chi connectivity index (χ3v) is 2.17. The molecule has 0 bridgehead atoms. The Labute approximate surface area is 77.3 Å². The molecular weight excluding hydrogens is 222 g/mol. The smallest absolute Gasteiger partial charge is 0.274 e. The fourth-order valence-corrected chi connectivity index (χ4v) is 1.63. The van der Waals surface area contributed by atoms with Crippen LogP contribution in [0.5, 0.6) is 0 Å². The molecule has 0 saturated carbocycles. The van der Waals surface area contributed by atoms with Gasteiger partial charge in [0.2, 0.25) is 9.05 Å². The maximum atomic E-state index is 10.6. The first kappa shape index (κ1) is 9.93. The number of aromatic amines is 1. The Morgan fingerprint density at radius 1 is 1.69 bits per heavy atom. The average Bonchev–Trinajstić information content (AvgIpc) is 2.31. The summed E-state index contributed by atoms with van der Waals surface area (Å²) in [6.45, 7) is 0. The van der Waals surface area contributed by atoms with E-state index < -0.39 is 19.7 Å². The van der Waals surface area contributed by atoms with Crippen LogP contribution >= 0.6 is 10.7 Å². The van der Waals surface area contributed by atoms with E-state index >= 15 is 0 Å². The van der Waals surface area contributed by atoms with Gasteiger partial charge in [0.05, 0.1) is 4.92 Å². The molecule has 0 amide bonds. The third-order valence-electron chi connectivity index (χ3n) is 1.21. The van der Waals surface area contributed by atoms with Crippen molar-refractivity contribution in [1.82, 2.24) is 10.2 Å². The summed E-state index contributed by atoms with van der Waals surface area (Å²) in [6, 6.07) is 0. The van der Waals surface area contributed by atoms with Gasteiger partial charge in [0.1, 0.15) is 17.6 Å². The molecule has 0 radical (unpaired) electrons. The highest BCUT2D eigenvalue weighted by atomic mass is 35.7. The molecule has 1 aromatic rings. The normalized spacial score (nSPS) is 11.5.